The number of aliphatic carboxylic acids is 1. The van der Waals surface area contributed by atoms with Gasteiger partial charge in [0, 0.05) is 33.5 Å². The molecule has 5 rings (SSSR count). The third kappa shape index (κ3) is 3.69. The molecule has 0 bridgehead atoms. The van der Waals surface area contributed by atoms with E-state index in [4.69, 9.17) is 9.84 Å². The van der Waals surface area contributed by atoms with Gasteiger partial charge in [-0.15, -0.1) is 11.8 Å². The summed E-state index contributed by atoms with van der Waals surface area (Å²) in [4.78, 5) is 21.1. The van der Waals surface area contributed by atoms with Crippen LogP contribution in [0, 0.1) is 13.8 Å². The number of nitrogens with zero attached hydrogens (tertiary/aromatic N) is 2. The second kappa shape index (κ2) is 8.00. The summed E-state index contributed by atoms with van der Waals surface area (Å²) in [5.74, 6) is 1.01. The Morgan fingerprint density at radius 1 is 1.16 bits per heavy atom. The zero-order valence-corrected chi connectivity index (χ0v) is 18.4. The highest BCUT2D eigenvalue weighted by Gasteiger charge is 2.29. The van der Waals surface area contributed by atoms with Crippen molar-refractivity contribution in [3.63, 3.8) is 0 Å². The van der Waals surface area contributed by atoms with Gasteiger partial charge in [-0.25, -0.2) is 9.97 Å². The van der Waals surface area contributed by atoms with Crippen LogP contribution in [0.15, 0.2) is 47.6 Å². The molecule has 2 aromatic carbocycles. The molecule has 0 radical (unpaired) electrons. The van der Waals surface area contributed by atoms with Crippen LogP contribution in [0.5, 0.6) is 5.75 Å². The normalized spacial score (nSPS) is 19.2. The minimum atomic E-state index is -0.744. The molecule has 0 saturated carbocycles. The number of aromatic nitrogens is 2. The summed E-state index contributed by atoms with van der Waals surface area (Å²) < 4.78 is 6.43. The van der Waals surface area contributed by atoms with E-state index in [1.165, 1.54) is 16.7 Å². The Morgan fingerprint density at radius 2 is 1.97 bits per heavy atom. The van der Waals surface area contributed by atoms with Crippen molar-refractivity contribution in [2.75, 3.05) is 5.75 Å². The maximum atomic E-state index is 11.1. The van der Waals surface area contributed by atoms with Gasteiger partial charge in [0.2, 0.25) is 0 Å². The minimum Gasteiger partial charge on any atom is -0.486 e. The third-order valence-electron chi connectivity index (χ3n) is 6.28. The number of thioether (sulfide) groups is 1. The first-order chi connectivity index (χ1) is 15.0. The quantitative estimate of drug-likeness (QED) is 0.575. The first kappa shape index (κ1) is 20.1. The Hall–Kier alpha value is -2.86. The average molecular weight is 433 g/mol. The summed E-state index contributed by atoms with van der Waals surface area (Å²) in [5.41, 5.74) is 8.01. The zero-order valence-electron chi connectivity index (χ0n) is 17.6. The van der Waals surface area contributed by atoms with Crippen LogP contribution in [0.4, 0.5) is 0 Å². The molecule has 0 saturated heterocycles. The first-order valence-corrected chi connectivity index (χ1v) is 11.6. The first-order valence-electron chi connectivity index (χ1n) is 10.6. The fourth-order valence-electron chi connectivity index (χ4n) is 4.83. The van der Waals surface area contributed by atoms with Crippen LogP contribution in [0.3, 0.4) is 0 Å². The molecule has 1 aromatic heterocycles. The largest absolute Gasteiger partial charge is 0.486 e. The van der Waals surface area contributed by atoms with Gasteiger partial charge in [0.25, 0.3) is 0 Å². The van der Waals surface area contributed by atoms with Crippen molar-refractivity contribution in [3.05, 3.63) is 70.8 Å². The Bertz CT molecular complexity index is 1160. The van der Waals surface area contributed by atoms with Crippen molar-refractivity contribution in [1.29, 1.82) is 0 Å². The molecule has 6 heteroatoms. The number of carboxylic acids is 1. The highest BCUT2D eigenvalue weighted by Crippen LogP contribution is 2.45. The van der Waals surface area contributed by atoms with Crippen LogP contribution >= 0.6 is 11.8 Å². The van der Waals surface area contributed by atoms with E-state index < -0.39 is 5.97 Å². The van der Waals surface area contributed by atoms with Crippen LogP contribution in [0.25, 0.3) is 11.1 Å². The SMILES string of the molecule is Cc1ncnc(C)c1-c1cccc2c1CCC2Oc1ccc2c(c1)SC[C@H]2CC(=O)O. The summed E-state index contributed by atoms with van der Waals surface area (Å²) in [6.45, 7) is 4.07. The number of benzene rings is 2. The van der Waals surface area contributed by atoms with Crippen molar-refractivity contribution >= 4 is 17.7 Å². The summed E-state index contributed by atoms with van der Waals surface area (Å²) in [7, 11) is 0. The average Bonchev–Trinajstić information content (AvgIpc) is 3.32. The molecule has 3 aromatic rings. The van der Waals surface area contributed by atoms with Gasteiger partial charge in [-0.05, 0) is 61.1 Å². The summed E-state index contributed by atoms with van der Waals surface area (Å²) >= 11 is 1.72. The lowest BCUT2D eigenvalue weighted by molar-refractivity contribution is -0.137. The molecule has 0 fully saturated rings. The molecule has 158 valence electrons. The molecular weight excluding hydrogens is 408 g/mol. The molecule has 1 aliphatic heterocycles. The number of rotatable bonds is 5. The number of carbonyl (C=O) groups is 1. The van der Waals surface area contributed by atoms with E-state index in [1.54, 1.807) is 18.1 Å². The van der Waals surface area contributed by atoms with E-state index in [1.807, 2.05) is 26.0 Å². The minimum absolute atomic E-state index is 0.0134. The topological polar surface area (TPSA) is 72.3 Å². The number of fused-ring (bicyclic) bond motifs is 2. The van der Waals surface area contributed by atoms with E-state index in [0.717, 1.165) is 51.8 Å². The Morgan fingerprint density at radius 3 is 2.74 bits per heavy atom. The molecular formula is C25H24N2O3S. The Kier molecular flexibility index (Phi) is 5.18. The smallest absolute Gasteiger partial charge is 0.303 e. The number of carboxylic acid groups (broad SMARTS) is 1. The van der Waals surface area contributed by atoms with Gasteiger partial charge in [0.15, 0.2) is 0 Å². The predicted molar refractivity (Wildman–Crippen MR) is 121 cm³/mol. The van der Waals surface area contributed by atoms with Crippen molar-refractivity contribution in [2.45, 2.75) is 50.0 Å². The van der Waals surface area contributed by atoms with Gasteiger partial charge < -0.3 is 9.84 Å². The number of ether oxygens (including phenoxy) is 1. The van der Waals surface area contributed by atoms with Gasteiger partial charge >= 0.3 is 5.97 Å². The molecule has 1 aliphatic carbocycles. The molecule has 1 unspecified atom stereocenters. The maximum Gasteiger partial charge on any atom is 0.303 e. The number of hydrogen-bond acceptors (Lipinski definition) is 5. The van der Waals surface area contributed by atoms with E-state index in [-0.39, 0.29) is 18.4 Å². The number of hydrogen-bond donors (Lipinski definition) is 1. The Labute approximate surface area is 185 Å². The highest BCUT2D eigenvalue weighted by atomic mass is 32.2. The van der Waals surface area contributed by atoms with Crippen molar-refractivity contribution in [2.24, 2.45) is 0 Å². The van der Waals surface area contributed by atoms with Gasteiger partial charge in [0.1, 0.15) is 18.2 Å². The van der Waals surface area contributed by atoms with Crippen LogP contribution < -0.4 is 4.74 Å². The fourth-order valence-corrected chi connectivity index (χ4v) is 6.11. The highest BCUT2D eigenvalue weighted by molar-refractivity contribution is 7.99. The molecule has 0 spiro atoms. The second-order valence-corrected chi connectivity index (χ2v) is 9.31. The fraction of sp³-hybridized carbons (Fsp3) is 0.320. The van der Waals surface area contributed by atoms with E-state index in [9.17, 15) is 4.79 Å². The van der Waals surface area contributed by atoms with E-state index in [2.05, 4.69) is 34.2 Å². The van der Waals surface area contributed by atoms with Gasteiger partial charge in [-0.2, -0.15) is 0 Å². The van der Waals surface area contributed by atoms with E-state index >= 15 is 0 Å². The predicted octanol–water partition coefficient (Wildman–Crippen LogP) is 5.49. The summed E-state index contributed by atoms with van der Waals surface area (Å²) in [6, 6.07) is 12.5. The van der Waals surface area contributed by atoms with Gasteiger partial charge in [0.05, 0.1) is 6.42 Å². The van der Waals surface area contributed by atoms with Crippen LogP contribution in [-0.2, 0) is 11.2 Å². The van der Waals surface area contributed by atoms with Gasteiger partial charge in [-0.1, -0.05) is 24.3 Å². The molecule has 31 heavy (non-hydrogen) atoms. The number of aryl methyl sites for hydroxylation is 2. The maximum absolute atomic E-state index is 11.1. The van der Waals surface area contributed by atoms with Crippen LogP contribution in [0.2, 0.25) is 0 Å². The molecule has 5 nitrogen and oxygen atoms in total. The van der Waals surface area contributed by atoms with Gasteiger partial charge in [-0.3, -0.25) is 4.79 Å². The van der Waals surface area contributed by atoms with Crippen molar-refractivity contribution < 1.29 is 14.6 Å². The lowest BCUT2D eigenvalue weighted by Crippen LogP contribution is -2.06. The summed E-state index contributed by atoms with van der Waals surface area (Å²) in [6.07, 6.45) is 3.71. The third-order valence-corrected chi connectivity index (χ3v) is 7.51. The van der Waals surface area contributed by atoms with Crippen molar-refractivity contribution in [1.82, 2.24) is 9.97 Å². The standard InChI is InChI=1S/C25H24N2O3S/c1-14-25(15(2)27-13-26-14)21-5-3-4-20-19(21)8-9-22(20)30-17-6-7-18-16(10-24(28)29)12-31-23(18)11-17/h3-7,11,13,16,22H,8-10,12H2,1-2H3,(H,28,29)/t16-,22?/m1/s1. The van der Waals surface area contributed by atoms with Crippen LogP contribution in [-0.4, -0.2) is 26.8 Å². The lowest BCUT2D eigenvalue weighted by atomic mass is 9.95. The summed E-state index contributed by atoms with van der Waals surface area (Å²) in [5, 5.41) is 9.13. The monoisotopic (exact) mass is 432 g/mol. The zero-order chi connectivity index (χ0) is 21.5. The Balaban J connectivity index is 1.42. The lowest BCUT2D eigenvalue weighted by Gasteiger charge is -2.17. The molecule has 2 heterocycles. The second-order valence-electron chi connectivity index (χ2n) is 8.24. The molecule has 1 N–H and O–H groups in total. The van der Waals surface area contributed by atoms with Crippen LogP contribution in [0.1, 0.15) is 52.9 Å². The van der Waals surface area contributed by atoms with E-state index in [0.29, 0.717) is 0 Å². The molecule has 2 aliphatic rings. The molecule has 0 amide bonds. The van der Waals surface area contributed by atoms with Crippen molar-refractivity contribution in [3.8, 4) is 16.9 Å². The molecule has 2 atom stereocenters.